The van der Waals surface area contributed by atoms with E-state index in [1.807, 2.05) is 79.1 Å². The molecule has 8 heteroatoms. The summed E-state index contributed by atoms with van der Waals surface area (Å²) in [5.41, 5.74) is 7.47. The number of carbonyl (C=O) groups excluding carboxylic acids is 2. The Kier molecular flexibility index (Phi) is 10.9. The third kappa shape index (κ3) is 7.48. The first-order chi connectivity index (χ1) is 27.4. The Labute approximate surface area is 342 Å². The number of fused-ring (bicyclic) bond motifs is 4. The number of carbonyl (C=O) groups is 2. The number of nitrogens with zero attached hydrogens (tertiary/aromatic N) is 2. The van der Waals surface area contributed by atoms with Crippen molar-refractivity contribution in [2.75, 3.05) is 33.3 Å². The Morgan fingerprint density at radius 2 is 1.36 bits per heavy atom. The van der Waals surface area contributed by atoms with Crippen molar-refractivity contribution < 1.29 is 18.7 Å². The number of ether oxygens (including phenoxy) is 1. The molecular formula is C48H50IN3O4. The molecule has 0 aliphatic carbocycles. The Hall–Kier alpha value is -4.25. The van der Waals surface area contributed by atoms with Gasteiger partial charge in [0.25, 0.3) is 0 Å². The molecule has 10 rings (SSSR count). The van der Waals surface area contributed by atoms with E-state index in [4.69, 9.17) is 9.15 Å². The molecule has 4 aromatic carbocycles. The number of halogens is 1. The van der Waals surface area contributed by atoms with Gasteiger partial charge in [-0.1, -0.05) is 18.6 Å². The second kappa shape index (κ2) is 16.3. The lowest BCUT2D eigenvalue weighted by molar-refractivity contribution is 0.0975. The molecule has 4 aliphatic heterocycles. The number of H-pyrrole nitrogens is 1. The lowest BCUT2D eigenvalue weighted by Gasteiger charge is -2.42. The van der Waals surface area contributed by atoms with E-state index in [0.717, 1.165) is 43.6 Å². The van der Waals surface area contributed by atoms with Gasteiger partial charge in [0.05, 0.1) is 18.9 Å². The van der Waals surface area contributed by atoms with Crippen molar-refractivity contribution in [3.05, 3.63) is 134 Å². The number of methoxy groups -OCH3 is 1. The minimum absolute atomic E-state index is 0.0152. The summed E-state index contributed by atoms with van der Waals surface area (Å²) in [6.45, 7) is 4.91. The molecule has 0 radical (unpaired) electrons. The van der Waals surface area contributed by atoms with Gasteiger partial charge in [-0.15, -0.1) is 0 Å². The van der Waals surface area contributed by atoms with Crippen molar-refractivity contribution in [1.29, 1.82) is 0 Å². The van der Waals surface area contributed by atoms with E-state index in [9.17, 15) is 9.59 Å². The van der Waals surface area contributed by atoms with Gasteiger partial charge in [-0.3, -0.25) is 9.59 Å². The smallest absolute Gasteiger partial charge is 0.196 e. The zero-order chi connectivity index (χ0) is 38.2. The normalized spacial score (nSPS) is 22.6. The van der Waals surface area contributed by atoms with Crippen LogP contribution in [-0.4, -0.2) is 71.7 Å². The van der Waals surface area contributed by atoms with E-state index in [1.54, 1.807) is 7.11 Å². The maximum Gasteiger partial charge on any atom is 0.196 e. The maximum absolute atomic E-state index is 13.1. The van der Waals surface area contributed by atoms with Gasteiger partial charge in [0.1, 0.15) is 11.3 Å². The Balaban J connectivity index is 0.000000147. The number of ketones is 2. The van der Waals surface area contributed by atoms with Crippen LogP contribution in [0.4, 0.5) is 0 Å². The summed E-state index contributed by atoms with van der Waals surface area (Å²) in [6, 6.07) is 28.6. The van der Waals surface area contributed by atoms with Crippen LogP contribution in [0.2, 0.25) is 0 Å². The second-order valence-corrected chi connectivity index (χ2v) is 17.5. The number of piperidine rings is 3. The first-order valence-electron chi connectivity index (χ1n) is 20.5. The summed E-state index contributed by atoms with van der Waals surface area (Å²) < 4.78 is 12.4. The topological polar surface area (TPSA) is 78.8 Å². The summed E-state index contributed by atoms with van der Waals surface area (Å²) in [7, 11) is 1.60. The van der Waals surface area contributed by atoms with E-state index in [2.05, 4.69) is 55.7 Å². The van der Waals surface area contributed by atoms with Crippen LogP contribution in [0.15, 0.2) is 102 Å². The number of hydrogen-bond donors (Lipinski definition) is 1. The molecule has 4 unspecified atom stereocenters. The SMILES string of the molecule is COc1ccccc1C(=O)c1ccc2occ(C3CCN4CCCCC4C3)c2c1.O=C(c1ccc(I)cc1)c1ccc2[nH]cc(C3CCN4CCCC4C3)c2c1. The predicted octanol–water partition coefficient (Wildman–Crippen LogP) is 10.7. The van der Waals surface area contributed by atoms with E-state index in [-0.39, 0.29) is 11.6 Å². The highest BCUT2D eigenvalue weighted by atomic mass is 127. The molecule has 0 amide bonds. The fourth-order valence-corrected chi connectivity index (χ4v) is 10.4. The number of furan rings is 1. The lowest BCUT2D eigenvalue weighted by Crippen LogP contribution is -2.44. The third-order valence-electron chi connectivity index (χ3n) is 13.1. The molecule has 6 aromatic rings. The highest BCUT2D eigenvalue weighted by Gasteiger charge is 2.34. The van der Waals surface area contributed by atoms with Gasteiger partial charge in [0, 0.05) is 60.4 Å². The Morgan fingerprint density at radius 1 is 0.696 bits per heavy atom. The average molecular weight is 860 g/mol. The van der Waals surface area contributed by atoms with E-state index in [1.165, 1.54) is 94.1 Å². The van der Waals surface area contributed by atoms with Gasteiger partial charge >= 0.3 is 0 Å². The van der Waals surface area contributed by atoms with Crippen molar-refractivity contribution in [3.8, 4) is 5.75 Å². The monoisotopic (exact) mass is 859 g/mol. The molecule has 4 aliphatic rings. The van der Waals surface area contributed by atoms with Crippen LogP contribution in [-0.2, 0) is 0 Å². The van der Waals surface area contributed by atoms with E-state index < -0.39 is 0 Å². The average Bonchev–Trinajstić information content (AvgIpc) is 4.01. The van der Waals surface area contributed by atoms with E-state index in [0.29, 0.717) is 34.8 Å². The van der Waals surface area contributed by atoms with Crippen molar-refractivity contribution >= 4 is 56.0 Å². The van der Waals surface area contributed by atoms with Crippen LogP contribution < -0.4 is 4.74 Å². The number of para-hydroxylation sites is 1. The molecule has 4 atom stereocenters. The zero-order valence-corrected chi connectivity index (χ0v) is 34.3. The van der Waals surface area contributed by atoms with Gasteiger partial charge in [-0.2, -0.15) is 0 Å². The third-order valence-corrected chi connectivity index (χ3v) is 13.8. The van der Waals surface area contributed by atoms with Crippen LogP contribution in [0, 0.1) is 3.57 Å². The number of hydrogen-bond acceptors (Lipinski definition) is 6. The molecule has 0 bridgehead atoms. The van der Waals surface area contributed by atoms with E-state index >= 15 is 0 Å². The summed E-state index contributed by atoms with van der Waals surface area (Å²) in [6.07, 6.45) is 15.6. The molecule has 0 saturated carbocycles. The standard InChI is InChI=1S/C25H27NO3.C23H23IN2O/c1-28-23-8-3-2-7-20(23)25(27)18-9-10-24-21(15-18)22(16-29-24)17-11-13-26-12-5-4-6-19(26)14-17;24-18-6-3-15(4-7-18)23(27)17-5-8-22-20(13-17)21(14-25-22)16-9-11-26-10-1-2-19(26)12-16/h2-3,7-10,15-17,19H,4-6,11-14H2,1H3;3-8,13-14,16,19,25H,1-2,9-12H2. The second-order valence-electron chi connectivity index (χ2n) is 16.2. The van der Waals surface area contributed by atoms with Crippen LogP contribution in [0.25, 0.3) is 21.9 Å². The first kappa shape index (κ1) is 37.3. The highest BCUT2D eigenvalue weighted by Crippen LogP contribution is 2.41. The van der Waals surface area contributed by atoms with Crippen LogP contribution in [0.5, 0.6) is 5.75 Å². The van der Waals surface area contributed by atoms with Gasteiger partial charge < -0.3 is 23.9 Å². The number of rotatable bonds is 7. The molecule has 6 heterocycles. The van der Waals surface area contributed by atoms with Crippen molar-refractivity contribution in [3.63, 3.8) is 0 Å². The Morgan fingerprint density at radius 3 is 2.14 bits per heavy atom. The largest absolute Gasteiger partial charge is 0.496 e. The van der Waals surface area contributed by atoms with Gasteiger partial charge in [-0.25, -0.2) is 0 Å². The molecule has 0 spiro atoms. The maximum atomic E-state index is 13.1. The van der Waals surface area contributed by atoms with Crippen LogP contribution >= 0.6 is 22.6 Å². The highest BCUT2D eigenvalue weighted by molar-refractivity contribution is 14.1. The molecule has 1 N–H and O–H groups in total. The molecule has 56 heavy (non-hydrogen) atoms. The lowest BCUT2D eigenvalue weighted by atomic mass is 9.82. The summed E-state index contributed by atoms with van der Waals surface area (Å²) >= 11 is 2.27. The number of aromatic amines is 1. The number of nitrogens with one attached hydrogen (secondary N) is 1. The molecule has 288 valence electrons. The minimum Gasteiger partial charge on any atom is -0.496 e. The minimum atomic E-state index is -0.0152. The molecule has 4 saturated heterocycles. The fourth-order valence-electron chi connectivity index (χ4n) is 10.1. The Bertz CT molecular complexity index is 2360. The number of aromatic nitrogens is 1. The molecule has 4 fully saturated rings. The molecule has 7 nitrogen and oxygen atoms in total. The van der Waals surface area contributed by atoms with Gasteiger partial charge in [0.15, 0.2) is 11.6 Å². The van der Waals surface area contributed by atoms with Crippen molar-refractivity contribution in [2.45, 2.75) is 81.7 Å². The van der Waals surface area contributed by atoms with Crippen molar-refractivity contribution in [2.24, 2.45) is 0 Å². The number of benzene rings is 4. The summed E-state index contributed by atoms with van der Waals surface area (Å²) in [5, 5.41) is 2.31. The zero-order valence-electron chi connectivity index (χ0n) is 32.1. The van der Waals surface area contributed by atoms with Crippen LogP contribution in [0.3, 0.4) is 0 Å². The molecule has 2 aromatic heterocycles. The summed E-state index contributed by atoms with van der Waals surface area (Å²) in [4.78, 5) is 34.9. The van der Waals surface area contributed by atoms with Crippen LogP contribution in [0.1, 0.15) is 113 Å². The van der Waals surface area contributed by atoms with Gasteiger partial charge in [0.2, 0.25) is 0 Å². The van der Waals surface area contributed by atoms with Gasteiger partial charge in [-0.05, 0) is 190 Å². The first-order valence-corrected chi connectivity index (χ1v) is 21.6. The summed E-state index contributed by atoms with van der Waals surface area (Å²) in [5.74, 6) is 1.80. The predicted molar refractivity (Wildman–Crippen MR) is 231 cm³/mol. The van der Waals surface area contributed by atoms with Crippen molar-refractivity contribution in [1.82, 2.24) is 14.8 Å². The molecular weight excluding hydrogens is 809 g/mol. The fraction of sp³-hybridized carbons (Fsp3) is 0.375. The quantitative estimate of drug-likeness (QED) is 0.127.